The Morgan fingerprint density at radius 1 is 1.80 bits per heavy atom. The van der Waals surface area contributed by atoms with Gasteiger partial charge in [-0.15, -0.1) is 11.3 Å². The first-order chi connectivity index (χ1) is 4.77. The van der Waals surface area contributed by atoms with Gasteiger partial charge < -0.3 is 5.73 Å². The van der Waals surface area contributed by atoms with Gasteiger partial charge in [0.15, 0.2) is 0 Å². The van der Waals surface area contributed by atoms with Crippen LogP contribution < -0.4 is 5.73 Å². The van der Waals surface area contributed by atoms with Crippen LogP contribution in [0, 0.1) is 18.3 Å². The summed E-state index contributed by atoms with van der Waals surface area (Å²) in [5, 5.41) is 8.55. The second kappa shape index (κ2) is 2.82. The van der Waals surface area contributed by atoms with E-state index in [9.17, 15) is 0 Å². The number of aryl methyl sites for hydroxylation is 1. The molecule has 2 N–H and O–H groups in total. The predicted octanol–water partition coefficient (Wildman–Crippen LogP) is 1.39. The van der Waals surface area contributed by atoms with Crippen LogP contribution in [0.5, 0.6) is 0 Å². The van der Waals surface area contributed by atoms with Crippen molar-refractivity contribution < 1.29 is 0 Å². The van der Waals surface area contributed by atoms with Crippen molar-refractivity contribution in [3.8, 4) is 6.07 Å². The Hall–Kier alpha value is -0.850. The number of rotatable bonds is 1. The zero-order chi connectivity index (χ0) is 7.56. The van der Waals surface area contributed by atoms with Crippen LogP contribution in [-0.2, 0) is 6.54 Å². The number of nitriles is 1. The summed E-state index contributed by atoms with van der Waals surface area (Å²) in [7, 11) is 0. The molecule has 1 heterocycles. The Labute approximate surface area is 63.9 Å². The second-order valence-corrected chi connectivity index (χ2v) is 3.18. The van der Waals surface area contributed by atoms with Crippen molar-refractivity contribution in [2.75, 3.05) is 0 Å². The minimum Gasteiger partial charge on any atom is -0.326 e. The molecule has 1 aromatic heterocycles. The molecule has 0 aromatic carbocycles. The molecule has 2 nitrogen and oxygen atoms in total. The molecule has 0 aliphatic rings. The van der Waals surface area contributed by atoms with Gasteiger partial charge in [-0.25, -0.2) is 0 Å². The topological polar surface area (TPSA) is 49.8 Å². The van der Waals surface area contributed by atoms with E-state index in [1.54, 1.807) is 0 Å². The van der Waals surface area contributed by atoms with E-state index < -0.39 is 0 Å². The van der Waals surface area contributed by atoms with Crippen LogP contribution in [0.15, 0.2) is 6.07 Å². The lowest BCUT2D eigenvalue weighted by atomic mass is 10.3. The molecule has 10 heavy (non-hydrogen) atoms. The molecule has 0 radical (unpaired) electrons. The number of hydrogen-bond acceptors (Lipinski definition) is 3. The largest absolute Gasteiger partial charge is 0.326 e. The molecule has 0 spiro atoms. The van der Waals surface area contributed by atoms with Crippen molar-refractivity contribution in [3.05, 3.63) is 21.4 Å². The lowest BCUT2D eigenvalue weighted by molar-refractivity contribution is 1.10. The summed E-state index contributed by atoms with van der Waals surface area (Å²) >= 11 is 1.47. The highest BCUT2D eigenvalue weighted by molar-refractivity contribution is 7.12. The first-order valence-electron chi connectivity index (χ1n) is 2.97. The highest BCUT2D eigenvalue weighted by Gasteiger charge is 2.01. The fraction of sp³-hybridized carbons (Fsp3) is 0.286. The van der Waals surface area contributed by atoms with Crippen LogP contribution >= 0.6 is 11.3 Å². The van der Waals surface area contributed by atoms with Gasteiger partial charge in [0.2, 0.25) is 0 Å². The van der Waals surface area contributed by atoms with Crippen LogP contribution in [-0.4, -0.2) is 0 Å². The molecule has 3 heteroatoms. The molecule has 0 unspecified atom stereocenters. The van der Waals surface area contributed by atoms with Crippen LogP contribution in [0.4, 0.5) is 0 Å². The fourth-order valence-corrected chi connectivity index (χ4v) is 1.61. The van der Waals surface area contributed by atoms with Gasteiger partial charge in [-0.3, -0.25) is 0 Å². The first kappa shape index (κ1) is 7.26. The van der Waals surface area contributed by atoms with Gasteiger partial charge >= 0.3 is 0 Å². The van der Waals surface area contributed by atoms with Gasteiger partial charge in [-0.05, 0) is 18.6 Å². The Morgan fingerprint density at radius 2 is 2.50 bits per heavy atom. The average Bonchev–Trinajstić information content (AvgIpc) is 2.30. The molecule has 52 valence electrons. The standard InChI is InChI=1S/C7H8N2S/c1-5-2-6(3-8)10-7(5)4-9/h2H,3,8H2,1H3. The highest BCUT2D eigenvalue weighted by Crippen LogP contribution is 2.19. The quantitative estimate of drug-likeness (QED) is 0.661. The first-order valence-corrected chi connectivity index (χ1v) is 3.79. The van der Waals surface area contributed by atoms with E-state index in [2.05, 4.69) is 6.07 Å². The normalized spacial score (nSPS) is 9.30. The summed E-state index contributed by atoms with van der Waals surface area (Å²) in [6.45, 7) is 2.46. The lowest BCUT2D eigenvalue weighted by Crippen LogP contribution is -1.91. The molecular formula is C7H8N2S. The minimum atomic E-state index is 0.535. The number of nitrogens with two attached hydrogens (primary N) is 1. The molecule has 0 atom stereocenters. The van der Waals surface area contributed by atoms with Gasteiger partial charge in [0.1, 0.15) is 10.9 Å². The van der Waals surface area contributed by atoms with E-state index >= 15 is 0 Å². The van der Waals surface area contributed by atoms with E-state index in [4.69, 9.17) is 11.0 Å². The molecule has 1 rings (SSSR count). The maximum absolute atomic E-state index is 8.55. The third kappa shape index (κ3) is 1.18. The number of nitrogens with zero attached hydrogens (tertiary/aromatic N) is 1. The van der Waals surface area contributed by atoms with E-state index in [-0.39, 0.29) is 0 Å². The van der Waals surface area contributed by atoms with E-state index in [1.165, 1.54) is 11.3 Å². The molecular weight excluding hydrogens is 144 g/mol. The molecule has 0 amide bonds. The molecule has 0 saturated heterocycles. The summed E-state index contributed by atoms with van der Waals surface area (Å²) in [6.07, 6.45) is 0. The van der Waals surface area contributed by atoms with Gasteiger partial charge in [-0.1, -0.05) is 0 Å². The smallest absolute Gasteiger partial charge is 0.110 e. The van der Waals surface area contributed by atoms with E-state index in [0.29, 0.717) is 6.54 Å². The van der Waals surface area contributed by atoms with E-state index in [0.717, 1.165) is 15.3 Å². The zero-order valence-electron chi connectivity index (χ0n) is 5.72. The average molecular weight is 152 g/mol. The van der Waals surface area contributed by atoms with Crippen molar-refractivity contribution >= 4 is 11.3 Å². The van der Waals surface area contributed by atoms with Crippen molar-refractivity contribution in [3.63, 3.8) is 0 Å². The van der Waals surface area contributed by atoms with Crippen LogP contribution in [0.25, 0.3) is 0 Å². The fourth-order valence-electron chi connectivity index (χ4n) is 0.760. The zero-order valence-corrected chi connectivity index (χ0v) is 6.53. The SMILES string of the molecule is Cc1cc(CN)sc1C#N. The van der Waals surface area contributed by atoms with Crippen LogP contribution in [0.2, 0.25) is 0 Å². The van der Waals surface area contributed by atoms with Crippen molar-refractivity contribution in [1.82, 2.24) is 0 Å². The maximum Gasteiger partial charge on any atom is 0.110 e. The second-order valence-electron chi connectivity index (χ2n) is 2.04. The molecule has 0 aliphatic heterocycles. The van der Waals surface area contributed by atoms with Gasteiger partial charge in [0.25, 0.3) is 0 Å². The Balaban J connectivity index is 3.07. The van der Waals surface area contributed by atoms with Crippen molar-refractivity contribution in [1.29, 1.82) is 5.26 Å². The van der Waals surface area contributed by atoms with Crippen molar-refractivity contribution in [2.24, 2.45) is 5.73 Å². The van der Waals surface area contributed by atoms with Crippen LogP contribution in [0.3, 0.4) is 0 Å². The third-order valence-electron chi connectivity index (χ3n) is 1.27. The maximum atomic E-state index is 8.55. The summed E-state index contributed by atoms with van der Waals surface area (Å²) < 4.78 is 0. The molecule has 0 fully saturated rings. The minimum absolute atomic E-state index is 0.535. The van der Waals surface area contributed by atoms with Gasteiger partial charge in [-0.2, -0.15) is 5.26 Å². The summed E-state index contributed by atoms with van der Waals surface area (Å²) in [5.41, 5.74) is 6.42. The molecule has 0 aliphatic carbocycles. The Morgan fingerprint density at radius 3 is 2.80 bits per heavy atom. The van der Waals surface area contributed by atoms with Crippen molar-refractivity contribution in [2.45, 2.75) is 13.5 Å². The summed E-state index contributed by atoms with van der Waals surface area (Å²) in [4.78, 5) is 1.86. The Bertz CT molecular complexity index is 270. The van der Waals surface area contributed by atoms with Gasteiger partial charge in [0.05, 0.1) is 0 Å². The third-order valence-corrected chi connectivity index (χ3v) is 2.44. The predicted molar refractivity (Wildman–Crippen MR) is 41.7 cm³/mol. The summed E-state index contributed by atoms with van der Waals surface area (Å²) in [6, 6.07) is 4.07. The highest BCUT2D eigenvalue weighted by atomic mass is 32.1. The number of hydrogen-bond donors (Lipinski definition) is 1. The molecule has 0 bridgehead atoms. The summed E-state index contributed by atoms with van der Waals surface area (Å²) in [5.74, 6) is 0. The van der Waals surface area contributed by atoms with Crippen LogP contribution in [0.1, 0.15) is 15.3 Å². The number of thiophene rings is 1. The lowest BCUT2D eigenvalue weighted by Gasteiger charge is -1.80. The Kier molecular flexibility index (Phi) is 2.05. The van der Waals surface area contributed by atoms with E-state index in [1.807, 2.05) is 13.0 Å². The van der Waals surface area contributed by atoms with Gasteiger partial charge in [0, 0.05) is 11.4 Å². The monoisotopic (exact) mass is 152 g/mol. The molecule has 0 saturated carbocycles. The molecule has 1 aromatic rings.